The van der Waals surface area contributed by atoms with Gasteiger partial charge in [0.1, 0.15) is 5.76 Å². The second-order valence-corrected chi connectivity index (χ2v) is 6.08. The molecular formula is C19H21NO3. The van der Waals surface area contributed by atoms with Crippen molar-refractivity contribution in [1.29, 1.82) is 0 Å². The monoisotopic (exact) mass is 311 g/mol. The van der Waals surface area contributed by atoms with E-state index in [1.165, 1.54) is 0 Å². The molecule has 0 N–H and O–H groups in total. The molecular weight excluding hydrogens is 290 g/mol. The lowest BCUT2D eigenvalue weighted by molar-refractivity contribution is -0.130. The average Bonchev–Trinajstić information content (AvgIpc) is 3.23. The highest BCUT2D eigenvalue weighted by atomic mass is 16.3. The number of hydrogen-bond acceptors (Lipinski definition) is 3. The third-order valence-corrected chi connectivity index (χ3v) is 4.50. The van der Waals surface area contributed by atoms with Crippen molar-refractivity contribution in [2.24, 2.45) is 0 Å². The predicted molar refractivity (Wildman–Crippen MR) is 87.4 cm³/mol. The van der Waals surface area contributed by atoms with E-state index in [0.29, 0.717) is 6.54 Å². The second kappa shape index (κ2) is 6.82. The number of aryl methyl sites for hydroxylation is 1. The van der Waals surface area contributed by atoms with Crippen LogP contribution in [-0.4, -0.2) is 29.7 Å². The maximum Gasteiger partial charge on any atom is 0.223 e. The fraction of sp³-hybridized carbons (Fsp3) is 0.368. The Morgan fingerprint density at radius 3 is 2.74 bits per heavy atom. The number of Topliss-reactive ketones (excluding diaryl/α,β-unsaturated/α-hetero) is 1. The number of rotatable bonds is 5. The summed E-state index contributed by atoms with van der Waals surface area (Å²) in [5.74, 6) is 1.32. The van der Waals surface area contributed by atoms with Crippen LogP contribution in [0.3, 0.4) is 0 Å². The normalized spacial score (nSPS) is 17.4. The SMILES string of the molecule is Cc1ccccc1C(=O)CCC(=O)N1CCC(c2ccco2)C1. The van der Waals surface area contributed by atoms with Crippen LogP contribution in [0.5, 0.6) is 0 Å². The van der Waals surface area contributed by atoms with Crippen LogP contribution in [0, 0.1) is 6.92 Å². The van der Waals surface area contributed by atoms with Gasteiger partial charge in [0.25, 0.3) is 0 Å². The number of amides is 1. The molecule has 23 heavy (non-hydrogen) atoms. The van der Waals surface area contributed by atoms with Crippen LogP contribution < -0.4 is 0 Å². The number of carbonyl (C=O) groups excluding carboxylic acids is 2. The zero-order chi connectivity index (χ0) is 16.2. The van der Waals surface area contributed by atoms with Gasteiger partial charge in [-0.05, 0) is 31.0 Å². The number of benzene rings is 1. The highest BCUT2D eigenvalue weighted by Gasteiger charge is 2.28. The summed E-state index contributed by atoms with van der Waals surface area (Å²) < 4.78 is 5.42. The molecule has 2 aromatic rings. The first-order valence-corrected chi connectivity index (χ1v) is 8.05. The molecule has 120 valence electrons. The first kappa shape index (κ1) is 15.5. The number of likely N-dealkylation sites (tertiary alicyclic amines) is 1. The Balaban J connectivity index is 1.52. The lowest BCUT2D eigenvalue weighted by Gasteiger charge is -2.16. The molecule has 0 spiro atoms. The van der Waals surface area contributed by atoms with Gasteiger partial charge in [-0.1, -0.05) is 24.3 Å². The summed E-state index contributed by atoms with van der Waals surface area (Å²) in [5, 5.41) is 0. The molecule has 1 fully saturated rings. The summed E-state index contributed by atoms with van der Waals surface area (Å²) in [6, 6.07) is 11.3. The van der Waals surface area contributed by atoms with Crippen molar-refractivity contribution in [3.63, 3.8) is 0 Å². The summed E-state index contributed by atoms with van der Waals surface area (Å²) >= 11 is 0. The third-order valence-electron chi connectivity index (χ3n) is 4.50. The first-order valence-electron chi connectivity index (χ1n) is 8.05. The Morgan fingerprint density at radius 2 is 2.00 bits per heavy atom. The standard InChI is InChI=1S/C19H21NO3/c1-14-5-2-3-6-16(14)17(21)8-9-19(22)20-11-10-15(13-20)18-7-4-12-23-18/h2-7,12,15H,8-11,13H2,1H3. The molecule has 4 heteroatoms. The minimum Gasteiger partial charge on any atom is -0.469 e. The molecule has 4 nitrogen and oxygen atoms in total. The van der Waals surface area contributed by atoms with Crippen LogP contribution in [0.1, 0.15) is 46.9 Å². The Kier molecular flexibility index (Phi) is 4.60. The Labute approximate surface area is 136 Å². The van der Waals surface area contributed by atoms with Crippen molar-refractivity contribution in [2.45, 2.75) is 32.1 Å². The molecule has 2 heterocycles. The Morgan fingerprint density at radius 1 is 1.17 bits per heavy atom. The molecule has 1 aliphatic rings. The van der Waals surface area contributed by atoms with E-state index >= 15 is 0 Å². The molecule has 1 amide bonds. The van der Waals surface area contributed by atoms with Crippen LogP contribution in [0.2, 0.25) is 0 Å². The molecule has 3 rings (SSSR count). The maximum atomic E-state index is 12.3. The zero-order valence-electron chi connectivity index (χ0n) is 13.3. The smallest absolute Gasteiger partial charge is 0.223 e. The fourth-order valence-corrected chi connectivity index (χ4v) is 3.14. The number of ketones is 1. The Hall–Kier alpha value is -2.36. The van der Waals surface area contributed by atoms with Crippen molar-refractivity contribution in [1.82, 2.24) is 4.90 Å². The lowest BCUT2D eigenvalue weighted by atomic mass is 10.0. The summed E-state index contributed by atoms with van der Waals surface area (Å²) in [4.78, 5) is 26.4. The molecule has 0 saturated carbocycles. The number of hydrogen-bond donors (Lipinski definition) is 0. The van der Waals surface area contributed by atoms with E-state index in [0.717, 1.165) is 29.9 Å². The number of nitrogens with zero attached hydrogens (tertiary/aromatic N) is 1. The summed E-state index contributed by atoms with van der Waals surface area (Å²) in [5.41, 5.74) is 1.68. The van der Waals surface area contributed by atoms with Crippen molar-refractivity contribution in [2.75, 3.05) is 13.1 Å². The molecule has 1 unspecified atom stereocenters. The highest BCUT2D eigenvalue weighted by Crippen LogP contribution is 2.28. The topological polar surface area (TPSA) is 50.5 Å². The quantitative estimate of drug-likeness (QED) is 0.793. The van der Waals surface area contributed by atoms with Crippen LogP contribution in [0.25, 0.3) is 0 Å². The third kappa shape index (κ3) is 3.52. The van der Waals surface area contributed by atoms with Gasteiger partial charge in [-0.2, -0.15) is 0 Å². The van der Waals surface area contributed by atoms with E-state index in [1.807, 2.05) is 48.2 Å². The van der Waals surface area contributed by atoms with Crippen LogP contribution in [0.4, 0.5) is 0 Å². The summed E-state index contributed by atoms with van der Waals surface area (Å²) in [6.45, 7) is 3.34. The molecule has 0 bridgehead atoms. The van der Waals surface area contributed by atoms with E-state index in [1.54, 1.807) is 6.26 Å². The minimum absolute atomic E-state index is 0.0400. The van der Waals surface area contributed by atoms with Crippen LogP contribution in [-0.2, 0) is 4.79 Å². The van der Waals surface area contributed by atoms with E-state index in [4.69, 9.17) is 4.42 Å². The van der Waals surface area contributed by atoms with Crippen LogP contribution in [0.15, 0.2) is 47.1 Å². The summed E-state index contributed by atoms with van der Waals surface area (Å²) in [7, 11) is 0. The first-order chi connectivity index (χ1) is 11.1. The highest BCUT2D eigenvalue weighted by molar-refractivity contribution is 5.99. The fourth-order valence-electron chi connectivity index (χ4n) is 3.14. The van der Waals surface area contributed by atoms with E-state index in [-0.39, 0.29) is 30.4 Å². The van der Waals surface area contributed by atoms with E-state index in [2.05, 4.69) is 0 Å². The maximum absolute atomic E-state index is 12.3. The number of furan rings is 1. The van der Waals surface area contributed by atoms with Gasteiger partial charge < -0.3 is 9.32 Å². The van der Waals surface area contributed by atoms with E-state index < -0.39 is 0 Å². The molecule has 1 atom stereocenters. The molecule has 1 saturated heterocycles. The van der Waals surface area contributed by atoms with Gasteiger partial charge >= 0.3 is 0 Å². The van der Waals surface area contributed by atoms with Gasteiger partial charge in [0, 0.05) is 37.4 Å². The average molecular weight is 311 g/mol. The van der Waals surface area contributed by atoms with E-state index in [9.17, 15) is 9.59 Å². The molecule has 1 aromatic heterocycles. The van der Waals surface area contributed by atoms with Crippen molar-refractivity contribution < 1.29 is 14.0 Å². The van der Waals surface area contributed by atoms with Gasteiger partial charge in [-0.3, -0.25) is 9.59 Å². The Bertz CT molecular complexity index is 690. The summed E-state index contributed by atoms with van der Waals surface area (Å²) in [6.07, 6.45) is 3.13. The second-order valence-electron chi connectivity index (χ2n) is 6.08. The van der Waals surface area contributed by atoms with Gasteiger partial charge in [-0.15, -0.1) is 0 Å². The van der Waals surface area contributed by atoms with Gasteiger partial charge in [0.2, 0.25) is 5.91 Å². The van der Waals surface area contributed by atoms with Gasteiger partial charge in [0.15, 0.2) is 5.78 Å². The molecule has 0 radical (unpaired) electrons. The molecule has 0 aliphatic carbocycles. The van der Waals surface area contributed by atoms with Crippen molar-refractivity contribution in [3.8, 4) is 0 Å². The van der Waals surface area contributed by atoms with Gasteiger partial charge in [-0.25, -0.2) is 0 Å². The molecule has 1 aromatic carbocycles. The minimum atomic E-state index is 0.0400. The molecule has 1 aliphatic heterocycles. The van der Waals surface area contributed by atoms with Crippen LogP contribution >= 0.6 is 0 Å². The van der Waals surface area contributed by atoms with Crippen molar-refractivity contribution >= 4 is 11.7 Å². The zero-order valence-corrected chi connectivity index (χ0v) is 13.3. The number of carbonyl (C=O) groups is 2. The van der Waals surface area contributed by atoms with Crippen molar-refractivity contribution in [3.05, 3.63) is 59.5 Å². The van der Waals surface area contributed by atoms with Gasteiger partial charge in [0.05, 0.1) is 6.26 Å². The predicted octanol–water partition coefficient (Wildman–Crippen LogP) is 3.57. The largest absolute Gasteiger partial charge is 0.469 e. The lowest BCUT2D eigenvalue weighted by Crippen LogP contribution is -2.28.